The molecule has 1 aromatic carbocycles. The van der Waals surface area contributed by atoms with Crippen molar-refractivity contribution in [3.8, 4) is 0 Å². The number of furan rings is 1. The Morgan fingerprint density at radius 3 is 2.70 bits per heavy atom. The van der Waals surface area contributed by atoms with Gasteiger partial charge in [-0.15, -0.1) is 0 Å². The number of hydrogen-bond acceptors (Lipinski definition) is 4. The molecule has 0 spiro atoms. The molecule has 104 valence electrons. The molecule has 0 saturated heterocycles. The summed E-state index contributed by atoms with van der Waals surface area (Å²) >= 11 is 0. The van der Waals surface area contributed by atoms with E-state index in [-0.39, 0.29) is 0 Å². The fourth-order valence-corrected chi connectivity index (χ4v) is 2.28. The maximum absolute atomic E-state index is 5.88. The van der Waals surface area contributed by atoms with E-state index in [9.17, 15) is 0 Å². The van der Waals surface area contributed by atoms with E-state index in [1.54, 1.807) is 26.7 Å². The van der Waals surface area contributed by atoms with Crippen LogP contribution in [0, 0.1) is 0 Å². The van der Waals surface area contributed by atoms with Crippen LogP contribution in [0.15, 0.2) is 53.5 Å². The predicted molar refractivity (Wildman–Crippen MR) is 74.1 cm³/mol. The summed E-state index contributed by atoms with van der Waals surface area (Å²) in [6.45, 7) is 0.458. The molecule has 2 aromatic heterocycles. The van der Waals surface area contributed by atoms with Crippen molar-refractivity contribution in [3.63, 3.8) is 0 Å². The fourth-order valence-electron chi connectivity index (χ4n) is 2.28. The standard InChI is InChI=1S/C15H16N2O3/c1-18-15(19-2,10-17-8-7-16-11-17)14-9-12-5-3-4-6-13(12)20-14/h3-9,11H,10H2,1-2H3. The molecule has 0 radical (unpaired) electrons. The molecule has 0 aliphatic carbocycles. The zero-order valence-corrected chi connectivity index (χ0v) is 11.4. The average Bonchev–Trinajstić information content (AvgIpc) is 3.13. The molecule has 5 heteroatoms. The van der Waals surface area contributed by atoms with Crippen LogP contribution in [-0.4, -0.2) is 23.8 Å². The van der Waals surface area contributed by atoms with Crippen molar-refractivity contribution >= 4 is 11.0 Å². The Morgan fingerprint density at radius 1 is 1.25 bits per heavy atom. The van der Waals surface area contributed by atoms with Gasteiger partial charge in [0.1, 0.15) is 5.58 Å². The molecule has 5 nitrogen and oxygen atoms in total. The highest BCUT2D eigenvalue weighted by atomic mass is 16.7. The minimum Gasteiger partial charge on any atom is -0.455 e. The first-order valence-electron chi connectivity index (χ1n) is 6.32. The van der Waals surface area contributed by atoms with Gasteiger partial charge in [0.05, 0.1) is 12.9 Å². The summed E-state index contributed by atoms with van der Waals surface area (Å²) in [5.41, 5.74) is 0.812. The molecule has 0 bridgehead atoms. The van der Waals surface area contributed by atoms with Gasteiger partial charge < -0.3 is 18.5 Å². The summed E-state index contributed by atoms with van der Waals surface area (Å²) in [6, 6.07) is 9.77. The average molecular weight is 272 g/mol. The van der Waals surface area contributed by atoms with Gasteiger partial charge in [-0.2, -0.15) is 0 Å². The smallest absolute Gasteiger partial charge is 0.246 e. The number of fused-ring (bicyclic) bond motifs is 1. The highest BCUT2D eigenvalue weighted by Crippen LogP contribution is 2.32. The van der Waals surface area contributed by atoms with E-state index in [1.165, 1.54) is 0 Å². The van der Waals surface area contributed by atoms with Crippen molar-refractivity contribution in [2.45, 2.75) is 12.3 Å². The summed E-state index contributed by atoms with van der Waals surface area (Å²) < 4.78 is 19.0. The summed E-state index contributed by atoms with van der Waals surface area (Å²) in [7, 11) is 3.21. The van der Waals surface area contributed by atoms with Gasteiger partial charge in [-0.25, -0.2) is 4.98 Å². The number of hydrogen-bond donors (Lipinski definition) is 0. The van der Waals surface area contributed by atoms with Crippen LogP contribution >= 0.6 is 0 Å². The van der Waals surface area contributed by atoms with E-state index in [1.807, 2.05) is 41.1 Å². The lowest BCUT2D eigenvalue weighted by Crippen LogP contribution is -2.35. The van der Waals surface area contributed by atoms with Gasteiger partial charge in [0.2, 0.25) is 5.79 Å². The minimum absolute atomic E-state index is 0.458. The molecule has 0 fully saturated rings. The number of aromatic nitrogens is 2. The zero-order valence-electron chi connectivity index (χ0n) is 11.4. The second kappa shape index (κ2) is 5.11. The molecule has 20 heavy (non-hydrogen) atoms. The number of ether oxygens (including phenoxy) is 2. The van der Waals surface area contributed by atoms with Crippen molar-refractivity contribution in [2.75, 3.05) is 14.2 Å². The molecule has 0 atom stereocenters. The Bertz CT molecular complexity index is 651. The number of benzene rings is 1. The van der Waals surface area contributed by atoms with Crippen LogP contribution in [0.2, 0.25) is 0 Å². The third kappa shape index (κ3) is 2.11. The van der Waals surface area contributed by atoms with Gasteiger partial charge in [0, 0.05) is 32.0 Å². The van der Waals surface area contributed by atoms with Crippen LogP contribution in [0.3, 0.4) is 0 Å². The monoisotopic (exact) mass is 272 g/mol. The van der Waals surface area contributed by atoms with Crippen LogP contribution < -0.4 is 0 Å². The zero-order chi connectivity index (χ0) is 14.0. The van der Waals surface area contributed by atoms with Crippen molar-refractivity contribution in [1.82, 2.24) is 9.55 Å². The molecule has 0 aliphatic rings. The lowest BCUT2D eigenvalue weighted by atomic mass is 10.1. The van der Waals surface area contributed by atoms with Gasteiger partial charge in [-0.05, 0) is 12.1 Å². The number of nitrogens with zero attached hydrogens (tertiary/aromatic N) is 2. The highest BCUT2D eigenvalue weighted by molar-refractivity contribution is 5.77. The van der Waals surface area contributed by atoms with Crippen LogP contribution in [0.4, 0.5) is 0 Å². The first kappa shape index (κ1) is 12.9. The van der Waals surface area contributed by atoms with E-state index in [0.717, 1.165) is 11.0 Å². The van der Waals surface area contributed by atoms with Crippen LogP contribution in [0.25, 0.3) is 11.0 Å². The molecule has 3 aromatic rings. The van der Waals surface area contributed by atoms with E-state index in [0.29, 0.717) is 12.3 Å². The fraction of sp³-hybridized carbons (Fsp3) is 0.267. The number of para-hydroxylation sites is 1. The largest absolute Gasteiger partial charge is 0.455 e. The molecule has 0 aliphatic heterocycles. The summed E-state index contributed by atoms with van der Waals surface area (Å²) in [4.78, 5) is 4.03. The van der Waals surface area contributed by atoms with Gasteiger partial charge in [0.15, 0.2) is 5.76 Å². The third-order valence-corrected chi connectivity index (χ3v) is 3.41. The number of imidazole rings is 1. The first-order chi connectivity index (χ1) is 9.77. The number of methoxy groups -OCH3 is 2. The molecule has 0 saturated carbocycles. The topological polar surface area (TPSA) is 49.4 Å². The number of rotatable bonds is 5. The molecular formula is C15H16N2O3. The van der Waals surface area contributed by atoms with Gasteiger partial charge in [-0.3, -0.25) is 0 Å². The molecule has 0 unspecified atom stereocenters. The van der Waals surface area contributed by atoms with Crippen LogP contribution in [0.5, 0.6) is 0 Å². The van der Waals surface area contributed by atoms with Gasteiger partial charge in [0.25, 0.3) is 0 Å². The van der Waals surface area contributed by atoms with Crippen molar-refractivity contribution < 1.29 is 13.9 Å². The summed E-state index contributed by atoms with van der Waals surface area (Å²) in [5, 5.41) is 1.02. The highest BCUT2D eigenvalue weighted by Gasteiger charge is 2.36. The Balaban J connectivity index is 2.04. The molecule has 0 amide bonds. The van der Waals surface area contributed by atoms with Crippen molar-refractivity contribution in [3.05, 3.63) is 54.8 Å². The van der Waals surface area contributed by atoms with E-state index >= 15 is 0 Å². The normalized spacial score (nSPS) is 12.1. The SMILES string of the molecule is COC(Cn1ccnc1)(OC)c1cc2ccccc2o1. The van der Waals surface area contributed by atoms with Gasteiger partial charge in [-0.1, -0.05) is 18.2 Å². The maximum Gasteiger partial charge on any atom is 0.246 e. The quantitative estimate of drug-likeness (QED) is 0.670. The Labute approximate surface area is 116 Å². The van der Waals surface area contributed by atoms with E-state index in [2.05, 4.69) is 4.98 Å². The summed E-state index contributed by atoms with van der Waals surface area (Å²) in [6.07, 6.45) is 5.29. The second-order valence-electron chi connectivity index (χ2n) is 4.54. The van der Waals surface area contributed by atoms with E-state index in [4.69, 9.17) is 13.9 Å². The lowest BCUT2D eigenvalue weighted by Gasteiger charge is -2.28. The second-order valence-corrected chi connectivity index (χ2v) is 4.54. The predicted octanol–water partition coefficient (Wildman–Crippen LogP) is 2.78. The Kier molecular flexibility index (Phi) is 3.30. The van der Waals surface area contributed by atoms with E-state index < -0.39 is 5.79 Å². The van der Waals surface area contributed by atoms with Gasteiger partial charge >= 0.3 is 0 Å². The van der Waals surface area contributed by atoms with Crippen LogP contribution in [0.1, 0.15) is 5.76 Å². The Morgan fingerprint density at radius 2 is 2.05 bits per heavy atom. The Hall–Kier alpha value is -2.11. The maximum atomic E-state index is 5.88. The molecule has 2 heterocycles. The minimum atomic E-state index is -0.973. The van der Waals surface area contributed by atoms with Crippen molar-refractivity contribution in [2.24, 2.45) is 0 Å². The lowest BCUT2D eigenvalue weighted by molar-refractivity contribution is -0.234. The molecule has 3 rings (SSSR count). The molecular weight excluding hydrogens is 256 g/mol. The van der Waals surface area contributed by atoms with Crippen molar-refractivity contribution in [1.29, 1.82) is 0 Å². The first-order valence-corrected chi connectivity index (χ1v) is 6.32. The summed E-state index contributed by atoms with van der Waals surface area (Å²) in [5.74, 6) is -0.336. The van der Waals surface area contributed by atoms with Crippen LogP contribution in [-0.2, 0) is 21.8 Å². The molecule has 0 N–H and O–H groups in total. The third-order valence-electron chi connectivity index (χ3n) is 3.41.